The fourth-order valence-corrected chi connectivity index (χ4v) is 3.01. The zero-order valence-electron chi connectivity index (χ0n) is 11.9. The molecule has 2 nitrogen and oxygen atoms in total. The maximum absolute atomic E-state index is 6.51. The number of benzene rings is 1. The second-order valence-electron chi connectivity index (χ2n) is 5.39. The van der Waals surface area contributed by atoms with Gasteiger partial charge < -0.3 is 10.1 Å². The predicted molar refractivity (Wildman–Crippen MR) is 80.8 cm³/mol. The third-order valence-corrected chi connectivity index (χ3v) is 4.35. The molecule has 2 rings (SSSR count). The Hall–Kier alpha value is -0.570. The Kier molecular flexibility index (Phi) is 5.68. The van der Waals surface area contributed by atoms with Crippen molar-refractivity contribution < 1.29 is 4.74 Å². The van der Waals surface area contributed by atoms with Crippen molar-refractivity contribution in [2.75, 3.05) is 19.8 Å². The van der Waals surface area contributed by atoms with Gasteiger partial charge in [-0.25, -0.2) is 0 Å². The molecule has 0 aliphatic carbocycles. The molecule has 0 bridgehead atoms. The highest BCUT2D eigenvalue weighted by atomic mass is 35.5. The molecule has 1 fully saturated rings. The van der Waals surface area contributed by atoms with E-state index in [-0.39, 0.29) is 0 Å². The zero-order valence-corrected chi connectivity index (χ0v) is 12.7. The van der Waals surface area contributed by atoms with Gasteiger partial charge in [-0.1, -0.05) is 36.7 Å². The van der Waals surface area contributed by atoms with E-state index in [0.29, 0.717) is 12.0 Å². The van der Waals surface area contributed by atoms with E-state index in [0.717, 1.165) is 43.2 Å². The van der Waals surface area contributed by atoms with Gasteiger partial charge in [0.1, 0.15) is 0 Å². The molecule has 1 aromatic rings. The van der Waals surface area contributed by atoms with E-state index in [9.17, 15) is 0 Å². The molecule has 3 heteroatoms. The molecule has 1 aromatic carbocycles. The van der Waals surface area contributed by atoms with Crippen molar-refractivity contribution in [3.63, 3.8) is 0 Å². The lowest BCUT2D eigenvalue weighted by atomic mass is 9.88. The zero-order chi connectivity index (χ0) is 13.7. The number of rotatable bonds is 5. The standard InChI is InChI=1S/C16H24ClNO/c1-3-9-18-16(13-7-5-10-19-11-13)14-8-4-6-12(2)15(14)17/h4,6,8,13,16,18H,3,5,7,9-11H2,1-2H3. The SMILES string of the molecule is CCCNC(c1cccc(C)c1Cl)C1CCCOC1. The first-order valence-electron chi connectivity index (χ1n) is 7.30. The maximum Gasteiger partial charge on any atom is 0.0512 e. The molecule has 2 atom stereocenters. The fourth-order valence-electron chi connectivity index (χ4n) is 2.77. The predicted octanol–water partition coefficient (Wildman–Crippen LogP) is 4.12. The maximum atomic E-state index is 6.51. The van der Waals surface area contributed by atoms with Crippen LogP contribution < -0.4 is 5.32 Å². The lowest BCUT2D eigenvalue weighted by Crippen LogP contribution is -2.34. The van der Waals surface area contributed by atoms with Crippen molar-refractivity contribution >= 4 is 11.6 Å². The molecule has 1 aliphatic rings. The lowest BCUT2D eigenvalue weighted by molar-refractivity contribution is 0.0390. The summed E-state index contributed by atoms with van der Waals surface area (Å²) in [6.07, 6.45) is 3.50. The van der Waals surface area contributed by atoms with Crippen molar-refractivity contribution in [3.05, 3.63) is 34.3 Å². The number of hydrogen-bond donors (Lipinski definition) is 1. The Balaban J connectivity index is 2.22. The first-order chi connectivity index (χ1) is 9.24. The number of aryl methyl sites for hydroxylation is 1. The molecular formula is C16H24ClNO. The summed E-state index contributed by atoms with van der Waals surface area (Å²) in [5, 5.41) is 4.56. The third-order valence-electron chi connectivity index (χ3n) is 3.84. The quantitative estimate of drug-likeness (QED) is 0.877. The highest BCUT2D eigenvalue weighted by Gasteiger charge is 2.26. The molecule has 1 saturated heterocycles. The summed E-state index contributed by atoms with van der Waals surface area (Å²) in [5.41, 5.74) is 2.38. The molecule has 1 aliphatic heterocycles. The Morgan fingerprint density at radius 1 is 1.47 bits per heavy atom. The Bertz CT molecular complexity index is 402. The number of hydrogen-bond acceptors (Lipinski definition) is 2. The van der Waals surface area contributed by atoms with Crippen LogP contribution in [0.25, 0.3) is 0 Å². The number of ether oxygens (including phenoxy) is 1. The van der Waals surface area contributed by atoms with Gasteiger partial charge >= 0.3 is 0 Å². The van der Waals surface area contributed by atoms with Crippen LogP contribution in [0.15, 0.2) is 18.2 Å². The van der Waals surface area contributed by atoms with Crippen LogP contribution in [0.5, 0.6) is 0 Å². The number of nitrogens with one attached hydrogen (secondary N) is 1. The Labute approximate surface area is 121 Å². The normalized spacial score (nSPS) is 21.3. The van der Waals surface area contributed by atoms with Crippen LogP contribution in [0.1, 0.15) is 43.4 Å². The van der Waals surface area contributed by atoms with E-state index in [4.69, 9.17) is 16.3 Å². The van der Waals surface area contributed by atoms with Gasteiger partial charge in [-0.15, -0.1) is 0 Å². The van der Waals surface area contributed by atoms with Crippen LogP contribution >= 0.6 is 11.6 Å². The molecule has 1 N–H and O–H groups in total. The summed E-state index contributed by atoms with van der Waals surface area (Å²) in [4.78, 5) is 0. The summed E-state index contributed by atoms with van der Waals surface area (Å²) in [6, 6.07) is 6.63. The third kappa shape index (κ3) is 3.71. The van der Waals surface area contributed by atoms with Crippen molar-refractivity contribution in [2.45, 2.75) is 39.2 Å². The minimum absolute atomic E-state index is 0.313. The average Bonchev–Trinajstić information content (AvgIpc) is 2.45. The first-order valence-corrected chi connectivity index (χ1v) is 7.68. The highest BCUT2D eigenvalue weighted by molar-refractivity contribution is 6.32. The first kappa shape index (κ1) is 14.8. The molecule has 106 valence electrons. The summed E-state index contributed by atoms with van der Waals surface area (Å²) in [5.74, 6) is 0.527. The van der Waals surface area contributed by atoms with Gasteiger partial charge in [0.2, 0.25) is 0 Å². The largest absolute Gasteiger partial charge is 0.381 e. The summed E-state index contributed by atoms with van der Waals surface area (Å²) < 4.78 is 5.65. The van der Waals surface area contributed by atoms with Gasteiger partial charge in [-0.3, -0.25) is 0 Å². The summed E-state index contributed by atoms with van der Waals surface area (Å²) in [6.45, 7) is 7.02. The van der Waals surface area contributed by atoms with Crippen LogP contribution in [0.2, 0.25) is 5.02 Å². The van der Waals surface area contributed by atoms with E-state index < -0.39 is 0 Å². The topological polar surface area (TPSA) is 21.3 Å². The molecule has 0 spiro atoms. The lowest BCUT2D eigenvalue weighted by Gasteiger charge is -2.32. The van der Waals surface area contributed by atoms with Crippen LogP contribution in [0.4, 0.5) is 0 Å². The molecule has 19 heavy (non-hydrogen) atoms. The summed E-state index contributed by atoms with van der Waals surface area (Å²) in [7, 11) is 0. The van der Waals surface area contributed by atoms with Gasteiger partial charge in [0.15, 0.2) is 0 Å². The average molecular weight is 282 g/mol. The van der Waals surface area contributed by atoms with Crippen LogP contribution in [0, 0.1) is 12.8 Å². The molecular weight excluding hydrogens is 258 g/mol. The van der Waals surface area contributed by atoms with Crippen molar-refractivity contribution in [1.82, 2.24) is 5.32 Å². The van der Waals surface area contributed by atoms with E-state index >= 15 is 0 Å². The molecule has 0 amide bonds. The highest BCUT2D eigenvalue weighted by Crippen LogP contribution is 2.34. The van der Waals surface area contributed by atoms with E-state index in [1.165, 1.54) is 12.0 Å². The van der Waals surface area contributed by atoms with Crippen molar-refractivity contribution in [2.24, 2.45) is 5.92 Å². The van der Waals surface area contributed by atoms with Gasteiger partial charge in [0, 0.05) is 23.6 Å². The van der Waals surface area contributed by atoms with E-state index in [1.54, 1.807) is 0 Å². The smallest absolute Gasteiger partial charge is 0.0512 e. The number of halogens is 1. The fraction of sp³-hybridized carbons (Fsp3) is 0.625. The van der Waals surface area contributed by atoms with Gasteiger partial charge in [-0.05, 0) is 43.9 Å². The minimum atomic E-state index is 0.313. The molecule has 1 heterocycles. The second-order valence-corrected chi connectivity index (χ2v) is 5.77. The Morgan fingerprint density at radius 2 is 2.32 bits per heavy atom. The van der Waals surface area contributed by atoms with Crippen LogP contribution in [-0.4, -0.2) is 19.8 Å². The van der Waals surface area contributed by atoms with E-state index in [2.05, 4.69) is 37.4 Å². The Morgan fingerprint density at radius 3 is 3.00 bits per heavy atom. The van der Waals surface area contributed by atoms with Gasteiger partial charge in [-0.2, -0.15) is 0 Å². The molecule has 0 radical (unpaired) electrons. The monoisotopic (exact) mass is 281 g/mol. The van der Waals surface area contributed by atoms with Crippen LogP contribution in [0.3, 0.4) is 0 Å². The summed E-state index contributed by atoms with van der Waals surface area (Å²) >= 11 is 6.51. The molecule has 0 saturated carbocycles. The second kappa shape index (κ2) is 7.28. The van der Waals surface area contributed by atoms with Crippen LogP contribution in [-0.2, 0) is 4.74 Å². The van der Waals surface area contributed by atoms with Crippen molar-refractivity contribution in [3.8, 4) is 0 Å². The molecule has 2 unspecified atom stereocenters. The van der Waals surface area contributed by atoms with E-state index in [1.807, 2.05) is 0 Å². The minimum Gasteiger partial charge on any atom is -0.381 e. The van der Waals surface area contributed by atoms with Gasteiger partial charge in [0.25, 0.3) is 0 Å². The van der Waals surface area contributed by atoms with Gasteiger partial charge in [0.05, 0.1) is 6.61 Å². The van der Waals surface area contributed by atoms with Crippen molar-refractivity contribution in [1.29, 1.82) is 0 Å². The molecule has 0 aromatic heterocycles.